The van der Waals surface area contributed by atoms with Crippen LogP contribution in [0.2, 0.25) is 0 Å². The molecule has 0 amide bonds. The Morgan fingerprint density at radius 1 is 0.508 bits per heavy atom. The maximum atomic E-state index is 7.63. The summed E-state index contributed by atoms with van der Waals surface area (Å²) in [6.07, 6.45) is 3.59. The Bertz CT molecular complexity index is 2950. The zero-order chi connectivity index (χ0) is 46.7. The first-order valence-electron chi connectivity index (χ1n) is 24.6. The minimum absolute atomic E-state index is 0.00721. The maximum absolute atomic E-state index is 7.63. The van der Waals surface area contributed by atoms with Gasteiger partial charge in [0.2, 0.25) is 0 Å². The molecule has 0 saturated heterocycles. The van der Waals surface area contributed by atoms with Crippen LogP contribution in [0.25, 0.3) is 22.3 Å². The van der Waals surface area contributed by atoms with Gasteiger partial charge in [0, 0.05) is 27.9 Å². The lowest BCUT2D eigenvalue weighted by Gasteiger charge is -2.43. The molecule has 0 bridgehead atoms. The summed E-state index contributed by atoms with van der Waals surface area (Å²) in [6, 6.07) is 36.8. The number of rotatable bonds is 2. The van der Waals surface area contributed by atoms with E-state index in [9.17, 15) is 0 Å². The topological polar surface area (TPSA) is 12.5 Å². The molecular formula is C62H72BNO. The molecule has 0 spiro atoms. The van der Waals surface area contributed by atoms with Crippen molar-refractivity contribution in [2.75, 3.05) is 4.90 Å². The number of hydrogen-bond donors (Lipinski definition) is 0. The van der Waals surface area contributed by atoms with Crippen molar-refractivity contribution < 1.29 is 4.74 Å². The third-order valence-electron chi connectivity index (χ3n) is 15.6. The average molecular weight is 858 g/mol. The molecule has 334 valence electrons. The minimum Gasteiger partial charge on any atom is -0.458 e. The molecule has 0 N–H and O–H groups in total. The van der Waals surface area contributed by atoms with Gasteiger partial charge in [0.1, 0.15) is 11.5 Å². The average Bonchev–Trinajstić information content (AvgIpc) is 3.78. The lowest BCUT2D eigenvalue weighted by molar-refractivity contribution is 0.484. The van der Waals surface area contributed by atoms with E-state index in [2.05, 4.69) is 214 Å². The number of hydrogen-bond acceptors (Lipinski definition) is 2. The largest absolute Gasteiger partial charge is 0.458 e. The van der Waals surface area contributed by atoms with Crippen LogP contribution in [-0.4, -0.2) is 6.71 Å². The molecule has 0 radical (unpaired) electrons. The second-order valence-electron chi connectivity index (χ2n) is 25.8. The summed E-state index contributed by atoms with van der Waals surface area (Å²) in [6.45, 7) is 40.1. The summed E-state index contributed by atoms with van der Waals surface area (Å²) in [5, 5.41) is 0. The van der Waals surface area contributed by atoms with E-state index >= 15 is 0 Å². The fourth-order valence-electron chi connectivity index (χ4n) is 11.6. The van der Waals surface area contributed by atoms with Crippen LogP contribution in [-0.2, 0) is 45.3 Å². The Labute approximate surface area is 392 Å². The van der Waals surface area contributed by atoms with Crippen molar-refractivity contribution in [2.24, 2.45) is 0 Å². The van der Waals surface area contributed by atoms with E-state index in [4.69, 9.17) is 4.74 Å². The normalized spacial score (nSPS) is 16.1. The molecule has 0 saturated carbocycles. The van der Waals surface area contributed by atoms with Gasteiger partial charge in [0.15, 0.2) is 0 Å². The standard InChI is InChI=1S/C62H72BNO/c1-57(2,3)38-22-27-49(45(32-38)37-29-40(59(7,8)9)31-41(30-37)60(10,11)12)64-50-28-23-39(58(4,5)6)33-48(50)63-47-26-25-46-53(44-24-21-36-19-18-20-43(36)54(44)62(46,16)17)56(47)65-52-35-42(61(13,14)15)34-51(64)55(52)63/h21-35H,18-20H2,1-17H3. The number of aryl methyl sites for hydroxylation is 1. The van der Waals surface area contributed by atoms with Gasteiger partial charge < -0.3 is 9.64 Å². The van der Waals surface area contributed by atoms with Crippen LogP contribution < -0.4 is 26.0 Å². The molecule has 2 heterocycles. The Hall–Kier alpha value is -5.02. The summed E-state index contributed by atoms with van der Waals surface area (Å²) in [7, 11) is 0. The van der Waals surface area contributed by atoms with Crippen LogP contribution in [0, 0.1) is 0 Å². The van der Waals surface area contributed by atoms with Crippen LogP contribution in [0.15, 0.2) is 91.0 Å². The van der Waals surface area contributed by atoms with Gasteiger partial charge in [-0.2, -0.15) is 0 Å². The summed E-state index contributed by atoms with van der Waals surface area (Å²) < 4.78 is 7.63. The predicted octanol–water partition coefficient (Wildman–Crippen LogP) is 15.0. The van der Waals surface area contributed by atoms with Gasteiger partial charge in [-0.15, -0.1) is 0 Å². The fraction of sp³-hybridized carbons (Fsp3) is 0.419. The van der Waals surface area contributed by atoms with Gasteiger partial charge >= 0.3 is 0 Å². The monoisotopic (exact) mass is 858 g/mol. The van der Waals surface area contributed by atoms with E-state index < -0.39 is 0 Å². The Morgan fingerprint density at radius 3 is 1.71 bits per heavy atom. The smallest absolute Gasteiger partial charge is 0.256 e. The molecule has 0 unspecified atom stereocenters. The van der Waals surface area contributed by atoms with Crippen LogP contribution in [0.3, 0.4) is 0 Å². The highest BCUT2D eigenvalue weighted by Gasteiger charge is 2.48. The number of anilines is 3. The van der Waals surface area contributed by atoms with Crippen LogP contribution in [0.5, 0.6) is 11.5 Å². The molecule has 6 aromatic rings. The van der Waals surface area contributed by atoms with E-state index in [1.54, 1.807) is 5.56 Å². The molecular weight excluding hydrogens is 785 g/mol. The molecule has 2 aliphatic carbocycles. The van der Waals surface area contributed by atoms with Gasteiger partial charge in [0.05, 0.1) is 5.69 Å². The van der Waals surface area contributed by atoms with Crippen molar-refractivity contribution in [3.05, 3.63) is 141 Å². The molecule has 65 heavy (non-hydrogen) atoms. The van der Waals surface area contributed by atoms with Crippen LogP contribution in [0.4, 0.5) is 17.1 Å². The zero-order valence-corrected chi connectivity index (χ0v) is 42.7. The molecule has 0 atom stereocenters. The summed E-state index contributed by atoms with van der Waals surface area (Å²) in [5.74, 6) is 2.03. The van der Waals surface area contributed by atoms with Crippen molar-refractivity contribution in [2.45, 2.75) is 169 Å². The van der Waals surface area contributed by atoms with Crippen LogP contribution >= 0.6 is 0 Å². The lowest BCUT2D eigenvalue weighted by Crippen LogP contribution is -2.60. The molecule has 10 rings (SSSR count). The predicted molar refractivity (Wildman–Crippen MR) is 281 cm³/mol. The van der Waals surface area contributed by atoms with Crippen molar-refractivity contribution >= 4 is 40.2 Å². The van der Waals surface area contributed by atoms with Crippen molar-refractivity contribution in [3.63, 3.8) is 0 Å². The molecule has 3 heteroatoms. The number of fused-ring (bicyclic) bond motifs is 10. The summed E-state index contributed by atoms with van der Waals surface area (Å²) in [5.41, 5.74) is 25.1. The SMILES string of the molecule is CC(C)(C)c1cc(-c2cc(C(C)(C)C)ccc2N2c3ccc(C(C)(C)C)cc3B3c4ccc5c(c4Oc4cc(C(C)(C)C)cc2c43)-c2ccc3c(c2C5(C)C)CCC3)cc(C(C)(C)C)c1. The summed E-state index contributed by atoms with van der Waals surface area (Å²) >= 11 is 0. The Morgan fingerprint density at radius 2 is 1.09 bits per heavy atom. The van der Waals surface area contributed by atoms with E-state index in [0.29, 0.717) is 0 Å². The van der Waals surface area contributed by atoms with Gasteiger partial charge in [-0.1, -0.05) is 178 Å². The third kappa shape index (κ3) is 6.87. The van der Waals surface area contributed by atoms with Crippen LogP contribution in [0.1, 0.15) is 174 Å². The van der Waals surface area contributed by atoms with Gasteiger partial charge in [-0.05, 0) is 154 Å². The van der Waals surface area contributed by atoms with Crippen molar-refractivity contribution in [3.8, 4) is 33.8 Å². The first kappa shape index (κ1) is 43.9. The summed E-state index contributed by atoms with van der Waals surface area (Å²) in [4.78, 5) is 2.62. The lowest BCUT2D eigenvalue weighted by atomic mass is 9.33. The quantitative estimate of drug-likeness (QED) is 0.161. The van der Waals surface area contributed by atoms with Crippen molar-refractivity contribution in [1.29, 1.82) is 0 Å². The third-order valence-corrected chi connectivity index (χ3v) is 15.6. The molecule has 4 aliphatic rings. The van der Waals surface area contributed by atoms with Gasteiger partial charge in [-0.25, -0.2) is 0 Å². The molecule has 2 aliphatic heterocycles. The number of benzene rings is 6. The molecule has 6 aromatic carbocycles. The van der Waals surface area contributed by atoms with E-state index in [0.717, 1.165) is 17.9 Å². The second kappa shape index (κ2) is 14.0. The van der Waals surface area contributed by atoms with E-state index in [-0.39, 0.29) is 39.2 Å². The minimum atomic E-state index is -0.123. The molecule has 0 aromatic heterocycles. The highest BCUT2D eigenvalue weighted by atomic mass is 16.5. The highest BCUT2D eigenvalue weighted by Crippen LogP contribution is 2.57. The van der Waals surface area contributed by atoms with Crippen molar-refractivity contribution in [1.82, 2.24) is 0 Å². The number of nitrogens with zero attached hydrogens (tertiary/aromatic N) is 1. The van der Waals surface area contributed by atoms with E-state index in [1.807, 2.05) is 0 Å². The Kier molecular flexibility index (Phi) is 9.45. The molecule has 2 nitrogen and oxygen atoms in total. The maximum Gasteiger partial charge on any atom is 0.256 e. The number of ether oxygens (including phenoxy) is 1. The van der Waals surface area contributed by atoms with Gasteiger partial charge in [0.25, 0.3) is 6.71 Å². The first-order valence-corrected chi connectivity index (χ1v) is 24.6. The first-order chi connectivity index (χ1) is 30.1. The van der Waals surface area contributed by atoms with E-state index in [1.165, 1.54) is 113 Å². The fourth-order valence-corrected chi connectivity index (χ4v) is 11.6. The zero-order valence-electron chi connectivity index (χ0n) is 42.7. The van der Waals surface area contributed by atoms with Gasteiger partial charge in [-0.3, -0.25) is 0 Å². The Balaban J connectivity index is 1.30. The second-order valence-corrected chi connectivity index (χ2v) is 25.8. The molecule has 0 fully saturated rings. The highest BCUT2D eigenvalue weighted by molar-refractivity contribution is 6.99.